The zero-order valence-corrected chi connectivity index (χ0v) is 10.5. The van der Waals surface area contributed by atoms with Crippen molar-refractivity contribution in [3.05, 3.63) is 73.1 Å². The number of pyridine rings is 1. The molecule has 0 fully saturated rings. The predicted octanol–water partition coefficient (Wildman–Crippen LogP) is 2.74. The van der Waals surface area contributed by atoms with Crippen LogP contribution < -0.4 is 5.43 Å². The van der Waals surface area contributed by atoms with Gasteiger partial charge in [-0.15, -0.1) is 6.58 Å². The number of para-hydroxylation sites is 1. The van der Waals surface area contributed by atoms with E-state index >= 15 is 0 Å². The predicted molar refractivity (Wildman–Crippen MR) is 75.5 cm³/mol. The van der Waals surface area contributed by atoms with Gasteiger partial charge in [-0.2, -0.15) is 0 Å². The summed E-state index contributed by atoms with van der Waals surface area (Å²) in [6.45, 7) is 4.06. The number of hydrogen-bond donors (Lipinski definition) is 1. The van der Waals surface area contributed by atoms with E-state index in [2.05, 4.69) is 17.0 Å². The van der Waals surface area contributed by atoms with Crippen molar-refractivity contribution in [1.82, 2.24) is 9.99 Å². The SMILES string of the molecule is C=CCN(Nc1ccccc1)C(=O)c1ccccn1. The van der Waals surface area contributed by atoms with Crippen LogP contribution in [0.3, 0.4) is 0 Å². The van der Waals surface area contributed by atoms with E-state index in [9.17, 15) is 4.79 Å². The molecule has 2 aromatic rings. The highest BCUT2D eigenvalue weighted by atomic mass is 16.2. The van der Waals surface area contributed by atoms with Gasteiger partial charge in [-0.3, -0.25) is 15.2 Å². The Morgan fingerprint density at radius 2 is 1.95 bits per heavy atom. The van der Waals surface area contributed by atoms with Crippen molar-refractivity contribution in [2.75, 3.05) is 12.0 Å². The maximum absolute atomic E-state index is 12.3. The first-order valence-electron chi connectivity index (χ1n) is 5.97. The van der Waals surface area contributed by atoms with Crippen LogP contribution in [0, 0.1) is 0 Å². The Labute approximate surface area is 112 Å². The summed E-state index contributed by atoms with van der Waals surface area (Å²) in [5.41, 5.74) is 4.29. The molecule has 0 saturated heterocycles. The van der Waals surface area contributed by atoms with Crippen molar-refractivity contribution in [3.63, 3.8) is 0 Å². The number of amides is 1. The highest BCUT2D eigenvalue weighted by Crippen LogP contribution is 2.09. The number of carbonyl (C=O) groups is 1. The molecule has 0 unspecified atom stereocenters. The summed E-state index contributed by atoms with van der Waals surface area (Å²) in [5, 5.41) is 1.48. The van der Waals surface area contributed by atoms with Gasteiger partial charge in [0.1, 0.15) is 5.69 Å². The van der Waals surface area contributed by atoms with Gasteiger partial charge in [0.25, 0.3) is 5.91 Å². The number of nitrogens with one attached hydrogen (secondary N) is 1. The molecule has 0 aliphatic rings. The first kappa shape index (κ1) is 12.8. The normalized spacial score (nSPS) is 9.68. The largest absolute Gasteiger partial charge is 0.295 e. The van der Waals surface area contributed by atoms with Gasteiger partial charge in [-0.05, 0) is 24.3 Å². The first-order chi connectivity index (χ1) is 9.31. The van der Waals surface area contributed by atoms with Crippen molar-refractivity contribution in [3.8, 4) is 0 Å². The van der Waals surface area contributed by atoms with E-state index in [1.54, 1.807) is 30.5 Å². The van der Waals surface area contributed by atoms with Gasteiger partial charge in [-0.25, -0.2) is 5.01 Å². The van der Waals surface area contributed by atoms with Crippen LogP contribution in [-0.4, -0.2) is 22.4 Å². The molecule has 1 heterocycles. The molecule has 1 N–H and O–H groups in total. The Bertz CT molecular complexity index is 540. The number of anilines is 1. The number of carbonyl (C=O) groups excluding carboxylic acids is 1. The number of hydrogen-bond acceptors (Lipinski definition) is 3. The average Bonchev–Trinajstić information content (AvgIpc) is 2.48. The molecule has 1 aromatic carbocycles. The zero-order valence-electron chi connectivity index (χ0n) is 10.5. The summed E-state index contributed by atoms with van der Waals surface area (Å²) >= 11 is 0. The van der Waals surface area contributed by atoms with Gasteiger partial charge in [0.05, 0.1) is 12.2 Å². The van der Waals surface area contributed by atoms with Crippen LogP contribution in [-0.2, 0) is 0 Å². The van der Waals surface area contributed by atoms with E-state index in [4.69, 9.17) is 0 Å². The maximum Gasteiger partial charge on any atom is 0.291 e. The highest BCUT2D eigenvalue weighted by Gasteiger charge is 2.15. The monoisotopic (exact) mass is 253 g/mol. The van der Waals surface area contributed by atoms with Gasteiger partial charge in [0, 0.05) is 6.20 Å². The fourth-order valence-corrected chi connectivity index (χ4v) is 1.60. The zero-order chi connectivity index (χ0) is 13.5. The van der Waals surface area contributed by atoms with Crippen LogP contribution in [0.2, 0.25) is 0 Å². The Morgan fingerprint density at radius 3 is 2.58 bits per heavy atom. The van der Waals surface area contributed by atoms with Crippen molar-refractivity contribution in [1.29, 1.82) is 0 Å². The fourth-order valence-electron chi connectivity index (χ4n) is 1.60. The van der Waals surface area contributed by atoms with E-state index in [1.807, 2.05) is 30.3 Å². The van der Waals surface area contributed by atoms with Gasteiger partial charge >= 0.3 is 0 Å². The fraction of sp³-hybridized carbons (Fsp3) is 0.0667. The minimum atomic E-state index is -0.190. The molecule has 1 amide bonds. The number of hydrazine groups is 1. The molecule has 4 heteroatoms. The van der Waals surface area contributed by atoms with Crippen LogP contribution >= 0.6 is 0 Å². The molecule has 0 aliphatic heterocycles. The summed E-state index contributed by atoms with van der Waals surface area (Å²) in [7, 11) is 0. The third kappa shape index (κ3) is 3.42. The van der Waals surface area contributed by atoms with Crippen molar-refractivity contribution >= 4 is 11.6 Å². The van der Waals surface area contributed by atoms with Crippen molar-refractivity contribution in [2.45, 2.75) is 0 Å². The summed E-state index contributed by atoms with van der Waals surface area (Å²) in [4.78, 5) is 16.4. The molecule has 0 bridgehead atoms. The molecular formula is C15H15N3O. The Balaban J connectivity index is 2.16. The number of benzene rings is 1. The second kappa shape index (κ2) is 6.35. The quantitative estimate of drug-likeness (QED) is 0.658. The minimum Gasteiger partial charge on any atom is -0.295 e. The lowest BCUT2D eigenvalue weighted by Gasteiger charge is -2.22. The lowest BCUT2D eigenvalue weighted by Crippen LogP contribution is -2.36. The molecule has 4 nitrogen and oxygen atoms in total. The number of aromatic nitrogens is 1. The Kier molecular flexibility index (Phi) is 4.29. The van der Waals surface area contributed by atoms with Crippen molar-refractivity contribution < 1.29 is 4.79 Å². The molecule has 19 heavy (non-hydrogen) atoms. The second-order valence-electron chi connectivity index (χ2n) is 3.90. The van der Waals surface area contributed by atoms with Crippen molar-refractivity contribution in [2.24, 2.45) is 0 Å². The Morgan fingerprint density at radius 1 is 1.21 bits per heavy atom. The number of rotatable bonds is 5. The van der Waals surface area contributed by atoms with Crippen LogP contribution in [0.5, 0.6) is 0 Å². The van der Waals surface area contributed by atoms with Crippen LogP contribution in [0.1, 0.15) is 10.5 Å². The maximum atomic E-state index is 12.3. The van der Waals surface area contributed by atoms with Gasteiger partial charge in [0.15, 0.2) is 0 Å². The smallest absolute Gasteiger partial charge is 0.291 e. The number of nitrogens with zero attached hydrogens (tertiary/aromatic N) is 2. The molecule has 0 atom stereocenters. The van der Waals surface area contributed by atoms with Gasteiger partial charge < -0.3 is 0 Å². The van der Waals surface area contributed by atoms with E-state index in [0.717, 1.165) is 5.69 Å². The van der Waals surface area contributed by atoms with Crippen LogP contribution in [0.15, 0.2) is 67.4 Å². The van der Waals surface area contributed by atoms with Gasteiger partial charge in [-0.1, -0.05) is 30.3 Å². The summed E-state index contributed by atoms with van der Waals surface area (Å²) < 4.78 is 0. The molecular weight excluding hydrogens is 238 g/mol. The molecule has 0 aliphatic carbocycles. The van der Waals surface area contributed by atoms with Gasteiger partial charge in [0.2, 0.25) is 0 Å². The molecule has 0 spiro atoms. The van der Waals surface area contributed by atoms with E-state index < -0.39 is 0 Å². The van der Waals surface area contributed by atoms with E-state index in [1.165, 1.54) is 5.01 Å². The third-order valence-electron chi connectivity index (χ3n) is 2.48. The molecule has 96 valence electrons. The molecule has 2 rings (SSSR count). The topological polar surface area (TPSA) is 45.2 Å². The minimum absolute atomic E-state index is 0.190. The molecule has 0 saturated carbocycles. The highest BCUT2D eigenvalue weighted by molar-refractivity contribution is 5.93. The average molecular weight is 253 g/mol. The van der Waals surface area contributed by atoms with Crippen LogP contribution in [0.4, 0.5) is 5.69 Å². The summed E-state index contributed by atoms with van der Waals surface area (Å²) in [5.74, 6) is -0.190. The standard InChI is InChI=1S/C15H15N3O/c1-2-12-18(17-13-8-4-3-5-9-13)15(19)14-10-6-7-11-16-14/h2-11,17H,1,12H2. The second-order valence-corrected chi connectivity index (χ2v) is 3.90. The summed E-state index contributed by atoms with van der Waals surface area (Å²) in [6, 6.07) is 14.8. The molecule has 1 aromatic heterocycles. The summed E-state index contributed by atoms with van der Waals surface area (Å²) in [6.07, 6.45) is 3.26. The lowest BCUT2D eigenvalue weighted by atomic mass is 10.3. The van der Waals surface area contributed by atoms with E-state index in [0.29, 0.717) is 12.2 Å². The third-order valence-corrected chi connectivity index (χ3v) is 2.48. The van der Waals surface area contributed by atoms with E-state index in [-0.39, 0.29) is 5.91 Å². The lowest BCUT2D eigenvalue weighted by molar-refractivity contribution is 0.0803. The molecule has 0 radical (unpaired) electrons. The first-order valence-corrected chi connectivity index (χ1v) is 5.97. The Hall–Kier alpha value is -2.62. The van der Waals surface area contributed by atoms with Crippen LogP contribution in [0.25, 0.3) is 0 Å².